The van der Waals surface area contributed by atoms with Crippen molar-refractivity contribution in [2.24, 2.45) is 5.92 Å². The van der Waals surface area contributed by atoms with Gasteiger partial charge in [-0.25, -0.2) is 4.79 Å². The standard InChI is InChI=1S/C25H35NO4/c1-18(2)12-13-29-22-11-10-20(15-23(22)28-6)17-26-16-19-8-7-9-21(14-19)24(27)30-25(3,4)5/h7-11,14-15,18,26H,12-13,16-17H2,1-6H3. The van der Waals surface area contributed by atoms with Gasteiger partial charge in [-0.15, -0.1) is 0 Å². The van der Waals surface area contributed by atoms with Gasteiger partial charge >= 0.3 is 5.97 Å². The normalized spacial score (nSPS) is 11.4. The van der Waals surface area contributed by atoms with E-state index >= 15 is 0 Å². The summed E-state index contributed by atoms with van der Waals surface area (Å²) in [4.78, 5) is 12.3. The SMILES string of the molecule is COc1cc(CNCc2cccc(C(=O)OC(C)(C)C)c2)ccc1OCCC(C)C. The van der Waals surface area contributed by atoms with Gasteiger partial charge in [0.2, 0.25) is 0 Å². The van der Waals surface area contributed by atoms with Crippen LogP contribution in [0.2, 0.25) is 0 Å². The molecule has 0 aliphatic heterocycles. The first-order valence-corrected chi connectivity index (χ1v) is 10.5. The van der Waals surface area contributed by atoms with E-state index in [4.69, 9.17) is 14.2 Å². The molecule has 0 bridgehead atoms. The van der Waals surface area contributed by atoms with E-state index in [1.807, 2.05) is 57.2 Å². The fourth-order valence-electron chi connectivity index (χ4n) is 2.84. The van der Waals surface area contributed by atoms with Crippen LogP contribution in [0.25, 0.3) is 0 Å². The smallest absolute Gasteiger partial charge is 0.338 e. The van der Waals surface area contributed by atoms with Gasteiger partial charge in [0.1, 0.15) is 5.60 Å². The summed E-state index contributed by atoms with van der Waals surface area (Å²) < 4.78 is 16.8. The fourth-order valence-corrected chi connectivity index (χ4v) is 2.84. The van der Waals surface area contributed by atoms with Crippen LogP contribution in [0.15, 0.2) is 42.5 Å². The van der Waals surface area contributed by atoms with Crippen LogP contribution in [0.1, 0.15) is 62.5 Å². The van der Waals surface area contributed by atoms with E-state index in [0.717, 1.165) is 29.0 Å². The van der Waals surface area contributed by atoms with Crippen LogP contribution in [-0.4, -0.2) is 25.3 Å². The van der Waals surface area contributed by atoms with Gasteiger partial charge in [-0.2, -0.15) is 0 Å². The van der Waals surface area contributed by atoms with Crippen molar-refractivity contribution in [3.63, 3.8) is 0 Å². The Bertz CT molecular complexity index is 824. The van der Waals surface area contributed by atoms with E-state index in [1.165, 1.54) is 0 Å². The molecule has 164 valence electrons. The molecule has 2 aromatic carbocycles. The summed E-state index contributed by atoms with van der Waals surface area (Å²) in [7, 11) is 1.66. The lowest BCUT2D eigenvalue weighted by Crippen LogP contribution is -2.24. The molecule has 0 aliphatic rings. The third-order valence-electron chi connectivity index (χ3n) is 4.40. The monoisotopic (exact) mass is 413 g/mol. The lowest BCUT2D eigenvalue weighted by molar-refractivity contribution is 0.00694. The molecule has 0 fully saturated rings. The average Bonchev–Trinajstić information content (AvgIpc) is 2.67. The number of nitrogens with one attached hydrogen (secondary N) is 1. The molecule has 0 spiro atoms. The molecule has 0 atom stereocenters. The van der Waals surface area contributed by atoms with Crippen molar-refractivity contribution in [3.8, 4) is 11.5 Å². The Hall–Kier alpha value is -2.53. The number of benzene rings is 2. The molecule has 0 heterocycles. The maximum atomic E-state index is 12.3. The summed E-state index contributed by atoms with van der Waals surface area (Å²) in [6, 6.07) is 13.5. The summed E-state index contributed by atoms with van der Waals surface area (Å²) in [6.45, 7) is 12.0. The Kier molecular flexibility index (Phi) is 8.72. The van der Waals surface area contributed by atoms with Gasteiger partial charge in [0.25, 0.3) is 0 Å². The predicted molar refractivity (Wildman–Crippen MR) is 120 cm³/mol. The van der Waals surface area contributed by atoms with Crippen LogP contribution in [0.5, 0.6) is 11.5 Å². The van der Waals surface area contributed by atoms with Crippen LogP contribution in [0.3, 0.4) is 0 Å². The van der Waals surface area contributed by atoms with Gasteiger partial charge in [-0.1, -0.05) is 32.0 Å². The van der Waals surface area contributed by atoms with Gasteiger partial charge in [-0.05, 0) is 68.5 Å². The molecular weight excluding hydrogens is 378 g/mol. The van der Waals surface area contributed by atoms with Crippen molar-refractivity contribution < 1.29 is 19.0 Å². The molecule has 2 rings (SSSR count). The number of ether oxygens (including phenoxy) is 3. The molecule has 1 N–H and O–H groups in total. The molecule has 2 aromatic rings. The van der Waals surface area contributed by atoms with E-state index in [0.29, 0.717) is 31.2 Å². The molecule has 0 amide bonds. The van der Waals surface area contributed by atoms with Crippen LogP contribution in [0.4, 0.5) is 0 Å². The fraction of sp³-hybridized carbons (Fsp3) is 0.480. The third kappa shape index (κ3) is 8.07. The van der Waals surface area contributed by atoms with E-state index in [2.05, 4.69) is 19.2 Å². The third-order valence-corrected chi connectivity index (χ3v) is 4.40. The predicted octanol–water partition coefficient (Wildman–Crippen LogP) is 5.37. The number of carbonyl (C=O) groups is 1. The molecule has 5 heteroatoms. The molecule has 0 unspecified atom stereocenters. The first-order chi connectivity index (χ1) is 14.2. The molecule has 0 radical (unpaired) electrons. The van der Waals surface area contributed by atoms with Crippen molar-refractivity contribution in [1.29, 1.82) is 0 Å². The van der Waals surface area contributed by atoms with Gasteiger partial charge in [0.15, 0.2) is 11.5 Å². The molecule has 5 nitrogen and oxygen atoms in total. The second kappa shape index (κ2) is 11.0. The summed E-state index contributed by atoms with van der Waals surface area (Å²) in [5, 5.41) is 3.41. The van der Waals surface area contributed by atoms with Gasteiger partial charge in [0.05, 0.1) is 19.3 Å². The van der Waals surface area contributed by atoms with Crippen molar-refractivity contribution >= 4 is 5.97 Å². The summed E-state index contributed by atoms with van der Waals surface area (Å²) in [6.07, 6.45) is 1.01. The quantitative estimate of drug-likeness (QED) is 0.531. The Balaban J connectivity index is 1.92. The minimum absolute atomic E-state index is 0.304. The van der Waals surface area contributed by atoms with Crippen LogP contribution >= 0.6 is 0 Å². The highest BCUT2D eigenvalue weighted by molar-refractivity contribution is 5.89. The lowest BCUT2D eigenvalue weighted by atomic mass is 10.1. The molecule has 0 aromatic heterocycles. The van der Waals surface area contributed by atoms with Gasteiger partial charge in [0, 0.05) is 13.1 Å². The van der Waals surface area contributed by atoms with E-state index in [1.54, 1.807) is 13.2 Å². The minimum Gasteiger partial charge on any atom is -0.493 e. The molecule has 0 aliphatic carbocycles. The van der Waals surface area contributed by atoms with Crippen molar-refractivity contribution in [3.05, 3.63) is 59.2 Å². The molecule has 0 saturated heterocycles. The number of esters is 1. The highest BCUT2D eigenvalue weighted by Crippen LogP contribution is 2.28. The Labute approximate surface area is 180 Å². The summed E-state index contributed by atoms with van der Waals surface area (Å²) >= 11 is 0. The average molecular weight is 414 g/mol. The van der Waals surface area contributed by atoms with E-state index in [9.17, 15) is 4.79 Å². The van der Waals surface area contributed by atoms with Crippen LogP contribution < -0.4 is 14.8 Å². The molecule has 30 heavy (non-hydrogen) atoms. The second-order valence-electron chi connectivity index (χ2n) is 8.82. The minimum atomic E-state index is -0.505. The first-order valence-electron chi connectivity index (χ1n) is 10.5. The van der Waals surface area contributed by atoms with Crippen molar-refractivity contribution in [2.75, 3.05) is 13.7 Å². The van der Waals surface area contributed by atoms with Crippen molar-refractivity contribution in [2.45, 2.75) is 59.7 Å². The first kappa shape index (κ1) is 23.7. The summed E-state index contributed by atoms with van der Waals surface area (Å²) in [5.41, 5.74) is 2.19. The van der Waals surface area contributed by atoms with E-state index < -0.39 is 5.60 Å². The number of hydrogen-bond acceptors (Lipinski definition) is 5. The topological polar surface area (TPSA) is 56.8 Å². The number of hydrogen-bond donors (Lipinski definition) is 1. The maximum Gasteiger partial charge on any atom is 0.338 e. The lowest BCUT2D eigenvalue weighted by Gasteiger charge is -2.19. The van der Waals surface area contributed by atoms with Gasteiger partial charge in [-0.3, -0.25) is 0 Å². The van der Waals surface area contributed by atoms with Crippen molar-refractivity contribution in [1.82, 2.24) is 5.32 Å². The Morgan fingerprint density at radius 3 is 2.33 bits per heavy atom. The zero-order chi connectivity index (χ0) is 22.1. The van der Waals surface area contributed by atoms with Crippen LogP contribution in [-0.2, 0) is 17.8 Å². The Morgan fingerprint density at radius 1 is 1.00 bits per heavy atom. The Morgan fingerprint density at radius 2 is 1.70 bits per heavy atom. The zero-order valence-electron chi connectivity index (χ0n) is 19.1. The molecular formula is C25H35NO4. The zero-order valence-corrected chi connectivity index (χ0v) is 19.1. The maximum absolute atomic E-state index is 12.3. The highest BCUT2D eigenvalue weighted by atomic mass is 16.6. The van der Waals surface area contributed by atoms with E-state index in [-0.39, 0.29) is 5.97 Å². The summed E-state index contributed by atoms with van der Waals surface area (Å²) in [5.74, 6) is 1.81. The highest BCUT2D eigenvalue weighted by Gasteiger charge is 2.17. The number of methoxy groups -OCH3 is 1. The second-order valence-corrected chi connectivity index (χ2v) is 8.82. The number of carbonyl (C=O) groups excluding carboxylic acids is 1. The molecule has 0 saturated carbocycles. The largest absolute Gasteiger partial charge is 0.493 e. The van der Waals surface area contributed by atoms with Gasteiger partial charge < -0.3 is 19.5 Å². The number of rotatable bonds is 10. The van der Waals surface area contributed by atoms with Crippen LogP contribution in [0, 0.1) is 5.92 Å².